The molecular formula is C17H24N4O4S. The van der Waals surface area contributed by atoms with Gasteiger partial charge in [0.25, 0.3) is 0 Å². The summed E-state index contributed by atoms with van der Waals surface area (Å²) >= 11 is 0. The van der Waals surface area contributed by atoms with E-state index in [1.54, 1.807) is 18.2 Å². The molecule has 142 valence electrons. The minimum Gasteiger partial charge on any atom is -0.378 e. The van der Waals surface area contributed by atoms with Gasteiger partial charge in [-0.05, 0) is 18.2 Å². The quantitative estimate of drug-likeness (QED) is 0.759. The average Bonchev–Trinajstić information content (AvgIpc) is 2.95. The lowest BCUT2D eigenvalue weighted by molar-refractivity contribution is -0.135. The fraction of sp³-hybridized carbons (Fsp3) is 0.529. The summed E-state index contributed by atoms with van der Waals surface area (Å²) in [6.07, 6.45) is 0.886. The maximum absolute atomic E-state index is 12.3. The van der Waals surface area contributed by atoms with Crippen LogP contribution in [-0.2, 0) is 33.0 Å². The number of aryl methyl sites for hydroxylation is 2. The first-order valence-corrected chi connectivity index (χ1v) is 9.98. The summed E-state index contributed by atoms with van der Waals surface area (Å²) in [7, 11) is 1.38. The number of benzene rings is 1. The fourth-order valence-electron chi connectivity index (χ4n) is 3.01. The van der Waals surface area contributed by atoms with Crippen LogP contribution in [0.3, 0.4) is 0 Å². The number of morpholine rings is 1. The van der Waals surface area contributed by atoms with Crippen molar-refractivity contribution in [3.63, 3.8) is 0 Å². The number of hydrogen-bond donors (Lipinski definition) is 0. The van der Waals surface area contributed by atoms with E-state index in [0.717, 1.165) is 11.3 Å². The number of hydrogen-bond acceptors (Lipinski definition) is 5. The van der Waals surface area contributed by atoms with Crippen molar-refractivity contribution in [2.24, 2.45) is 7.05 Å². The topological polar surface area (TPSA) is 84.7 Å². The summed E-state index contributed by atoms with van der Waals surface area (Å²) < 4.78 is 32.9. The Balaban J connectivity index is 1.79. The third kappa shape index (κ3) is 3.60. The Morgan fingerprint density at radius 3 is 2.62 bits per heavy atom. The predicted molar refractivity (Wildman–Crippen MR) is 97.3 cm³/mol. The largest absolute Gasteiger partial charge is 0.378 e. The molecule has 0 spiro atoms. The van der Waals surface area contributed by atoms with E-state index in [4.69, 9.17) is 4.74 Å². The second kappa shape index (κ2) is 7.34. The molecule has 8 nitrogen and oxygen atoms in total. The van der Waals surface area contributed by atoms with Crippen molar-refractivity contribution in [1.82, 2.24) is 18.8 Å². The van der Waals surface area contributed by atoms with Gasteiger partial charge in [-0.2, -0.15) is 0 Å². The standard InChI is InChI=1S/C17H24N4O4S/c1-19(2)26(23,24)13-4-5-15-14(12-13)18-16(20(15)3)6-7-17(22)21-8-10-25-11-9-21/h4-5,12H,6-11H2,1-3H3. The van der Waals surface area contributed by atoms with Gasteiger partial charge in [-0.15, -0.1) is 0 Å². The first-order chi connectivity index (χ1) is 12.3. The van der Waals surface area contributed by atoms with Crippen LogP contribution in [0.2, 0.25) is 0 Å². The Hall–Kier alpha value is -1.97. The van der Waals surface area contributed by atoms with Crippen molar-refractivity contribution >= 4 is 27.0 Å². The molecule has 1 aromatic heterocycles. The number of amides is 1. The molecule has 1 aliphatic heterocycles. The molecule has 1 amide bonds. The van der Waals surface area contributed by atoms with Crippen molar-refractivity contribution in [2.45, 2.75) is 17.7 Å². The smallest absolute Gasteiger partial charge is 0.242 e. The van der Waals surface area contributed by atoms with Crippen molar-refractivity contribution in [1.29, 1.82) is 0 Å². The summed E-state index contributed by atoms with van der Waals surface area (Å²) in [6, 6.07) is 4.92. The van der Waals surface area contributed by atoms with Crippen molar-refractivity contribution in [3.05, 3.63) is 24.0 Å². The van der Waals surface area contributed by atoms with Gasteiger partial charge >= 0.3 is 0 Å². The first-order valence-electron chi connectivity index (χ1n) is 8.54. The third-order valence-electron chi connectivity index (χ3n) is 4.65. The molecule has 1 aromatic carbocycles. The molecular weight excluding hydrogens is 356 g/mol. The molecule has 0 unspecified atom stereocenters. The molecule has 1 aliphatic rings. The Bertz CT molecular complexity index is 914. The van der Waals surface area contributed by atoms with Gasteiger partial charge in [-0.25, -0.2) is 17.7 Å². The number of rotatable bonds is 5. The van der Waals surface area contributed by atoms with Gasteiger partial charge in [0.1, 0.15) is 5.82 Å². The number of ether oxygens (including phenoxy) is 1. The lowest BCUT2D eigenvalue weighted by Crippen LogP contribution is -2.40. The van der Waals surface area contributed by atoms with E-state index < -0.39 is 10.0 Å². The van der Waals surface area contributed by atoms with Crippen LogP contribution in [0, 0.1) is 0 Å². The molecule has 0 radical (unpaired) electrons. The first kappa shape index (κ1) is 18.8. The number of aromatic nitrogens is 2. The molecule has 0 bridgehead atoms. The molecule has 1 fully saturated rings. The van der Waals surface area contributed by atoms with E-state index in [1.165, 1.54) is 18.4 Å². The van der Waals surface area contributed by atoms with Crippen LogP contribution < -0.4 is 0 Å². The molecule has 0 atom stereocenters. The van der Waals surface area contributed by atoms with Crippen LogP contribution >= 0.6 is 0 Å². The number of imidazole rings is 1. The third-order valence-corrected chi connectivity index (χ3v) is 6.46. The molecule has 0 N–H and O–H groups in total. The highest BCUT2D eigenvalue weighted by Gasteiger charge is 2.20. The van der Waals surface area contributed by atoms with Gasteiger partial charge in [0, 0.05) is 47.1 Å². The van der Waals surface area contributed by atoms with E-state index in [-0.39, 0.29) is 10.8 Å². The second-order valence-electron chi connectivity index (χ2n) is 6.52. The van der Waals surface area contributed by atoms with Gasteiger partial charge in [-0.3, -0.25) is 4.79 Å². The molecule has 3 rings (SSSR count). The Morgan fingerprint density at radius 1 is 1.27 bits per heavy atom. The highest BCUT2D eigenvalue weighted by Crippen LogP contribution is 2.22. The fourth-order valence-corrected chi connectivity index (χ4v) is 3.94. The Labute approximate surface area is 153 Å². The monoisotopic (exact) mass is 380 g/mol. The average molecular weight is 380 g/mol. The summed E-state index contributed by atoms with van der Waals surface area (Å²) in [4.78, 5) is 18.9. The minimum atomic E-state index is -3.50. The normalized spacial score (nSPS) is 15.8. The van der Waals surface area contributed by atoms with Gasteiger partial charge in [0.05, 0.1) is 29.1 Å². The van der Waals surface area contributed by atoms with E-state index in [9.17, 15) is 13.2 Å². The molecule has 2 heterocycles. The number of carbonyl (C=O) groups is 1. The second-order valence-corrected chi connectivity index (χ2v) is 8.67. The van der Waals surface area contributed by atoms with Crippen LogP contribution in [0.5, 0.6) is 0 Å². The number of carbonyl (C=O) groups excluding carboxylic acids is 1. The van der Waals surface area contributed by atoms with Crippen LogP contribution in [-0.4, -0.2) is 73.5 Å². The predicted octanol–water partition coefficient (Wildman–Crippen LogP) is 0.615. The van der Waals surface area contributed by atoms with Gasteiger partial charge in [0.15, 0.2) is 0 Å². The van der Waals surface area contributed by atoms with E-state index >= 15 is 0 Å². The number of nitrogens with zero attached hydrogens (tertiary/aromatic N) is 4. The zero-order chi connectivity index (χ0) is 18.9. The molecule has 9 heteroatoms. The van der Waals surface area contributed by atoms with Gasteiger partial charge in [0.2, 0.25) is 15.9 Å². The molecule has 0 aliphatic carbocycles. The lowest BCUT2D eigenvalue weighted by atomic mass is 10.2. The van der Waals surface area contributed by atoms with Crippen molar-refractivity contribution < 1.29 is 17.9 Å². The van der Waals surface area contributed by atoms with E-state index in [1.807, 2.05) is 16.5 Å². The maximum Gasteiger partial charge on any atom is 0.242 e. The molecule has 2 aromatic rings. The number of sulfonamides is 1. The minimum absolute atomic E-state index is 0.0937. The van der Waals surface area contributed by atoms with Crippen LogP contribution in [0.1, 0.15) is 12.2 Å². The summed E-state index contributed by atoms with van der Waals surface area (Å²) in [6.45, 7) is 2.43. The van der Waals surface area contributed by atoms with Crippen LogP contribution in [0.25, 0.3) is 11.0 Å². The zero-order valence-corrected chi connectivity index (χ0v) is 16.1. The molecule has 26 heavy (non-hydrogen) atoms. The van der Waals surface area contributed by atoms with Crippen LogP contribution in [0.15, 0.2) is 23.1 Å². The number of fused-ring (bicyclic) bond motifs is 1. The molecule has 1 saturated heterocycles. The summed E-state index contributed by atoms with van der Waals surface area (Å²) in [5, 5.41) is 0. The van der Waals surface area contributed by atoms with Crippen LogP contribution in [0.4, 0.5) is 0 Å². The van der Waals surface area contributed by atoms with Gasteiger partial charge in [-0.1, -0.05) is 0 Å². The highest BCUT2D eigenvalue weighted by molar-refractivity contribution is 7.89. The zero-order valence-electron chi connectivity index (χ0n) is 15.3. The molecule has 0 saturated carbocycles. The summed E-state index contributed by atoms with van der Waals surface area (Å²) in [5.41, 5.74) is 1.46. The maximum atomic E-state index is 12.3. The summed E-state index contributed by atoms with van der Waals surface area (Å²) in [5.74, 6) is 0.859. The Morgan fingerprint density at radius 2 is 1.96 bits per heavy atom. The van der Waals surface area contributed by atoms with E-state index in [0.29, 0.717) is 44.7 Å². The van der Waals surface area contributed by atoms with Crippen molar-refractivity contribution in [2.75, 3.05) is 40.4 Å². The van der Waals surface area contributed by atoms with E-state index in [2.05, 4.69) is 4.98 Å². The highest BCUT2D eigenvalue weighted by atomic mass is 32.2. The lowest BCUT2D eigenvalue weighted by Gasteiger charge is -2.26. The Kier molecular flexibility index (Phi) is 5.31. The van der Waals surface area contributed by atoms with Crippen molar-refractivity contribution in [3.8, 4) is 0 Å². The van der Waals surface area contributed by atoms with Gasteiger partial charge < -0.3 is 14.2 Å². The SMILES string of the molecule is CN(C)S(=O)(=O)c1ccc2c(c1)nc(CCC(=O)N1CCOCC1)n2C.